The Morgan fingerprint density at radius 2 is 1.95 bits per heavy atom. The molecular formula is C16H27ClN2. The lowest BCUT2D eigenvalue weighted by molar-refractivity contribution is 0.548. The van der Waals surface area contributed by atoms with Crippen molar-refractivity contribution in [3.05, 3.63) is 28.8 Å². The highest BCUT2D eigenvalue weighted by atomic mass is 35.5. The number of nitrogens with zero attached hydrogens (tertiary/aromatic N) is 1. The van der Waals surface area contributed by atoms with E-state index in [0.29, 0.717) is 5.92 Å². The third kappa shape index (κ3) is 4.39. The molecule has 2 unspecified atom stereocenters. The summed E-state index contributed by atoms with van der Waals surface area (Å²) >= 11 is 6.41. The van der Waals surface area contributed by atoms with Crippen molar-refractivity contribution in [1.29, 1.82) is 0 Å². The highest BCUT2D eigenvalue weighted by molar-refractivity contribution is 6.31. The second-order valence-corrected chi connectivity index (χ2v) is 5.68. The number of hydrogen-bond donors (Lipinski definition) is 1. The van der Waals surface area contributed by atoms with Crippen LogP contribution >= 0.6 is 11.6 Å². The predicted octanol–water partition coefficient (Wildman–Crippen LogP) is 4.49. The van der Waals surface area contributed by atoms with Crippen LogP contribution in [-0.4, -0.2) is 20.1 Å². The van der Waals surface area contributed by atoms with Crippen molar-refractivity contribution in [2.45, 2.75) is 40.2 Å². The molecule has 0 heterocycles. The van der Waals surface area contributed by atoms with Gasteiger partial charge >= 0.3 is 0 Å². The first kappa shape index (κ1) is 16.3. The van der Waals surface area contributed by atoms with Gasteiger partial charge in [-0.3, -0.25) is 0 Å². The molecule has 1 aromatic carbocycles. The molecule has 0 aliphatic rings. The molecule has 0 radical (unpaired) electrons. The minimum absolute atomic E-state index is 0.284. The smallest absolute Gasteiger partial charge is 0.0474 e. The van der Waals surface area contributed by atoms with Gasteiger partial charge in [0.25, 0.3) is 0 Å². The van der Waals surface area contributed by atoms with Gasteiger partial charge in [0.1, 0.15) is 0 Å². The van der Waals surface area contributed by atoms with Gasteiger partial charge in [-0.2, -0.15) is 0 Å². The fraction of sp³-hybridized carbons (Fsp3) is 0.625. The first-order valence-electron chi connectivity index (χ1n) is 7.25. The Hall–Kier alpha value is -0.730. The Morgan fingerprint density at radius 1 is 1.26 bits per heavy atom. The number of rotatable bonds is 7. The van der Waals surface area contributed by atoms with E-state index in [1.165, 1.54) is 12.1 Å². The third-order valence-electron chi connectivity index (χ3n) is 3.86. The van der Waals surface area contributed by atoms with Gasteiger partial charge < -0.3 is 10.2 Å². The molecule has 0 amide bonds. The molecule has 0 aromatic heterocycles. The number of hydrogen-bond acceptors (Lipinski definition) is 2. The zero-order valence-corrected chi connectivity index (χ0v) is 13.6. The van der Waals surface area contributed by atoms with Gasteiger partial charge in [-0.15, -0.1) is 0 Å². The normalized spacial score (nSPS) is 14.2. The molecule has 0 saturated carbocycles. The first-order valence-corrected chi connectivity index (χ1v) is 7.62. The summed E-state index contributed by atoms with van der Waals surface area (Å²) in [4.78, 5) is 2.40. The third-order valence-corrected chi connectivity index (χ3v) is 4.19. The van der Waals surface area contributed by atoms with E-state index in [0.717, 1.165) is 23.7 Å². The average molecular weight is 283 g/mol. The Morgan fingerprint density at radius 3 is 2.42 bits per heavy atom. The minimum atomic E-state index is 0.284. The zero-order valence-electron chi connectivity index (χ0n) is 12.8. The molecule has 1 N–H and O–H groups in total. The van der Waals surface area contributed by atoms with E-state index in [1.54, 1.807) is 0 Å². The molecule has 108 valence electrons. The fourth-order valence-electron chi connectivity index (χ4n) is 2.14. The van der Waals surface area contributed by atoms with E-state index in [9.17, 15) is 0 Å². The second kappa shape index (κ2) is 7.76. The van der Waals surface area contributed by atoms with Crippen LogP contribution in [-0.2, 0) is 0 Å². The molecule has 0 aliphatic heterocycles. The van der Waals surface area contributed by atoms with Gasteiger partial charge in [-0.05, 0) is 44.5 Å². The van der Waals surface area contributed by atoms with Gasteiger partial charge in [0.2, 0.25) is 0 Å². The lowest BCUT2D eigenvalue weighted by atomic mass is 10.1. The number of anilines is 1. The van der Waals surface area contributed by atoms with E-state index in [1.807, 2.05) is 7.05 Å². The van der Waals surface area contributed by atoms with Crippen LogP contribution < -0.4 is 10.2 Å². The quantitative estimate of drug-likeness (QED) is 0.792. The predicted molar refractivity (Wildman–Crippen MR) is 86.3 cm³/mol. The fourth-order valence-corrected chi connectivity index (χ4v) is 2.48. The molecule has 1 rings (SSSR count). The van der Waals surface area contributed by atoms with Crippen molar-refractivity contribution >= 4 is 17.3 Å². The van der Waals surface area contributed by atoms with Crippen molar-refractivity contribution in [2.75, 3.05) is 25.0 Å². The lowest BCUT2D eigenvalue weighted by Crippen LogP contribution is -2.28. The highest BCUT2D eigenvalue weighted by Gasteiger charge is 2.12. The SMILES string of the molecule is CCC(C)CN(CC)c1ccc(C(C)NC)c(Cl)c1. The van der Waals surface area contributed by atoms with Crippen LogP contribution in [0.3, 0.4) is 0 Å². The van der Waals surface area contributed by atoms with Crippen LogP contribution in [0.2, 0.25) is 5.02 Å². The van der Waals surface area contributed by atoms with Crippen molar-refractivity contribution in [3.8, 4) is 0 Å². The van der Waals surface area contributed by atoms with Gasteiger partial charge in [-0.25, -0.2) is 0 Å². The van der Waals surface area contributed by atoms with Crippen LogP contribution in [0.5, 0.6) is 0 Å². The molecule has 0 saturated heterocycles. The summed E-state index contributed by atoms with van der Waals surface area (Å²) in [5, 5.41) is 4.08. The summed E-state index contributed by atoms with van der Waals surface area (Å²) in [6.07, 6.45) is 1.21. The topological polar surface area (TPSA) is 15.3 Å². The van der Waals surface area contributed by atoms with Gasteiger partial charge in [0.05, 0.1) is 0 Å². The Kier molecular flexibility index (Phi) is 6.67. The van der Waals surface area contributed by atoms with Crippen LogP contribution in [0.4, 0.5) is 5.69 Å². The maximum absolute atomic E-state index is 6.41. The standard InChI is InChI=1S/C16H27ClN2/c1-6-12(3)11-19(7-2)14-8-9-15(13(4)18-5)16(17)10-14/h8-10,12-13,18H,6-7,11H2,1-5H3. The van der Waals surface area contributed by atoms with E-state index in [-0.39, 0.29) is 6.04 Å². The maximum Gasteiger partial charge on any atom is 0.0474 e. The molecule has 1 aromatic rings. The molecule has 3 heteroatoms. The van der Waals surface area contributed by atoms with Crippen LogP contribution in [0.1, 0.15) is 45.7 Å². The Balaban J connectivity index is 2.91. The van der Waals surface area contributed by atoms with E-state index >= 15 is 0 Å². The molecule has 0 bridgehead atoms. The van der Waals surface area contributed by atoms with Crippen molar-refractivity contribution in [1.82, 2.24) is 5.32 Å². The summed E-state index contributed by atoms with van der Waals surface area (Å²) in [6, 6.07) is 6.70. The maximum atomic E-state index is 6.41. The monoisotopic (exact) mass is 282 g/mol. The summed E-state index contributed by atoms with van der Waals surface area (Å²) < 4.78 is 0. The summed E-state index contributed by atoms with van der Waals surface area (Å²) in [6.45, 7) is 11.0. The van der Waals surface area contributed by atoms with Crippen LogP contribution in [0.15, 0.2) is 18.2 Å². The van der Waals surface area contributed by atoms with Gasteiger partial charge in [-0.1, -0.05) is 37.9 Å². The zero-order chi connectivity index (χ0) is 14.4. The molecule has 0 fully saturated rings. The molecule has 0 aliphatic carbocycles. The van der Waals surface area contributed by atoms with Gasteiger partial charge in [0.15, 0.2) is 0 Å². The largest absolute Gasteiger partial charge is 0.372 e. The van der Waals surface area contributed by atoms with Crippen LogP contribution in [0.25, 0.3) is 0 Å². The number of benzene rings is 1. The van der Waals surface area contributed by atoms with Gasteiger partial charge in [0, 0.05) is 29.8 Å². The molecule has 2 atom stereocenters. The van der Waals surface area contributed by atoms with E-state index in [2.05, 4.69) is 56.1 Å². The van der Waals surface area contributed by atoms with E-state index in [4.69, 9.17) is 11.6 Å². The Labute approximate surface area is 123 Å². The van der Waals surface area contributed by atoms with Crippen molar-refractivity contribution < 1.29 is 0 Å². The first-order chi connectivity index (χ1) is 9.03. The number of halogens is 1. The summed E-state index contributed by atoms with van der Waals surface area (Å²) in [5.41, 5.74) is 2.38. The van der Waals surface area contributed by atoms with Crippen molar-refractivity contribution in [2.24, 2.45) is 5.92 Å². The second-order valence-electron chi connectivity index (χ2n) is 5.27. The number of nitrogens with one attached hydrogen (secondary N) is 1. The summed E-state index contributed by atoms with van der Waals surface area (Å²) in [5.74, 6) is 0.703. The highest BCUT2D eigenvalue weighted by Crippen LogP contribution is 2.28. The molecule has 2 nitrogen and oxygen atoms in total. The molecule has 0 spiro atoms. The summed E-state index contributed by atoms with van der Waals surface area (Å²) in [7, 11) is 1.95. The minimum Gasteiger partial charge on any atom is -0.372 e. The molecule has 19 heavy (non-hydrogen) atoms. The average Bonchev–Trinajstić information content (AvgIpc) is 2.43. The van der Waals surface area contributed by atoms with E-state index < -0.39 is 0 Å². The molecular weight excluding hydrogens is 256 g/mol. The lowest BCUT2D eigenvalue weighted by Gasteiger charge is -2.27. The van der Waals surface area contributed by atoms with Crippen LogP contribution in [0, 0.1) is 5.92 Å². The van der Waals surface area contributed by atoms with Crippen molar-refractivity contribution in [3.63, 3.8) is 0 Å². The Bertz CT molecular complexity index is 392.